The van der Waals surface area contributed by atoms with Gasteiger partial charge in [0.25, 0.3) is 0 Å². The van der Waals surface area contributed by atoms with Crippen LogP contribution in [0.4, 0.5) is 13.2 Å². The van der Waals surface area contributed by atoms with Gasteiger partial charge in [-0.2, -0.15) is 18.3 Å². The molecule has 7 heteroatoms. The molecule has 0 saturated heterocycles. The van der Waals surface area contributed by atoms with Crippen LogP contribution in [0.1, 0.15) is 29.7 Å². The van der Waals surface area contributed by atoms with Gasteiger partial charge in [0, 0.05) is 12.0 Å². The predicted octanol–water partition coefficient (Wildman–Crippen LogP) is 2.65. The lowest BCUT2D eigenvalue weighted by Crippen LogP contribution is -2.12. The van der Waals surface area contributed by atoms with Gasteiger partial charge in [-0.05, 0) is 11.6 Å². The molecule has 0 saturated carbocycles. The van der Waals surface area contributed by atoms with Crippen molar-refractivity contribution >= 4 is 0 Å². The van der Waals surface area contributed by atoms with Gasteiger partial charge in [0.05, 0.1) is 11.3 Å². The molecule has 1 aromatic heterocycles. The SMILES string of the molecule is CC(c1cccc(C(F)(F)F)c1)c1cc(O)c(=O)[nH]n1. The summed E-state index contributed by atoms with van der Waals surface area (Å²) in [6.07, 6.45) is -4.42. The monoisotopic (exact) mass is 284 g/mol. The van der Waals surface area contributed by atoms with Crippen LogP contribution in [0, 0.1) is 0 Å². The van der Waals surface area contributed by atoms with E-state index in [0.717, 1.165) is 18.2 Å². The Morgan fingerprint density at radius 3 is 2.60 bits per heavy atom. The fourth-order valence-corrected chi connectivity index (χ4v) is 1.79. The van der Waals surface area contributed by atoms with Gasteiger partial charge < -0.3 is 5.11 Å². The normalized spacial score (nSPS) is 13.2. The number of rotatable bonds is 2. The number of aromatic amines is 1. The molecule has 0 aliphatic carbocycles. The Hall–Kier alpha value is -2.31. The maximum Gasteiger partial charge on any atom is 0.416 e. The maximum atomic E-state index is 12.6. The number of alkyl halides is 3. The Kier molecular flexibility index (Phi) is 3.52. The summed E-state index contributed by atoms with van der Waals surface area (Å²) in [4.78, 5) is 11.0. The molecule has 0 spiro atoms. The van der Waals surface area contributed by atoms with E-state index < -0.39 is 29.0 Å². The van der Waals surface area contributed by atoms with Crippen LogP contribution >= 0.6 is 0 Å². The largest absolute Gasteiger partial charge is 0.503 e. The van der Waals surface area contributed by atoms with Gasteiger partial charge in [0.2, 0.25) is 0 Å². The van der Waals surface area contributed by atoms with Crippen LogP contribution in [-0.4, -0.2) is 15.3 Å². The Balaban J connectivity index is 2.40. The third-order valence-corrected chi connectivity index (χ3v) is 2.96. The third kappa shape index (κ3) is 2.81. The van der Waals surface area contributed by atoms with Crippen LogP contribution in [-0.2, 0) is 6.18 Å². The van der Waals surface area contributed by atoms with Crippen molar-refractivity contribution < 1.29 is 18.3 Å². The molecular formula is C13H11F3N2O2. The lowest BCUT2D eigenvalue weighted by Gasteiger charge is -2.13. The fourth-order valence-electron chi connectivity index (χ4n) is 1.79. The second-order valence-electron chi connectivity index (χ2n) is 4.35. The van der Waals surface area contributed by atoms with Crippen molar-refractivity contribution in [3.8, 4) is 5.75 Å². The van der Waals surface area contributed by atoms with Crippen molar-refractivity contribution in [3.63, 3.8) is 0 Å². The smallest absolute Gasteiger partial charge is 0.416 e. The van der Waals surface area contributed by atoms with E-state index >= 15 is 0 Å². The summed E-state index contributed by atoms with van der Waals surface area (Å²) in [6, 6.07) is 5.98. The highest BCUT2D eigenvalue weighted by atomic mass is 19.4. The summed E-state index contributed by atoms with van der Waals surface area (Å²) in [5, 5.41) is 15.1. The molecule has 1 unspecified atom stereocenters. The molecular weight excluding hydrogens is 273 g/mol. The Morgan fingerprint density at radius 2 is 2.00 bits per heavy atom. The summed E-state index contributed by atoms with van der Waals surface area (Å²) in [6.45, 7) is 1.63. The zero-order valence-corrected chi connectivity index (χ0v) is 10.4. The first kappa shape index (κ1) is 14.1. The van der Waals surface area contributed by atoms with E-state index in [9.17, 15) is 23.1 Å². The fraction of sp³-hybridized carbons (Fsp3) is 0.231. The summed E-state index contributed by atoms with van der Waals surface area (Å²) < 4.78 is 37.9. The molecule has 1 heterocycles. The minimum absolute atomic E-state index is 0.279. The molecule has 2 N–H and O–H groups in total. The second-order valence-corrected chi connectivity index (χ2v) is 4.35. The van der Waals surface area contributed by atoms with Crippen LogP contribution in [0.2, 0.25) is 0 Å². The van der Waals surface area contributed by atoms with E-state index in [1.165, 1.54) is 12.1 Å². The highest BCUT2D eigenvalue weighted by Crippen LogP contribution is 2.32. The Labute approximate surface area is 111 Å². The molecule has 0 aliphatic rings. The third-order valence-electron chi connectivity index (χ3n) is 2.96. The molecule has 0 amide bonds. The van der Waals surface area contributed by atoms with Crippen molar-refractivity contribution in [2.75, 3.05) is 0 Å². The molecule has 1 atom stereocenters. The molecule has 0 aliphatic heterocycles. The topological polar surface area (TPSA) is 66.0 Å². The number of nitrogens with zero attached hydrogens (tertiary/aromatic N) is 1. The number of hydrogen-bond acceptors (Lipinski definition) is 3. The molecule has 0 bridgehead atoms. The van der Waals surface area contributed by atoms with E-state index in [2.05, 4.69) is 10.2 Å². The van der Waals surface area contributed by atoms with Crippen LogP contribution in [0.3, 0.4) is 0 Å². The highest BCUT2D eigenvalue weighted by molar-refractivity contribution is 5.33. The van der Waals surface area contributed by atoms with Gasteiger partial charge in [-0.15, -0.1) is 0 Å². The quantitative estimate of drug-likeness (QED) is 0.891. The number of aromatic hydroxyl groups is 1. The first-order chi connectivity index (χ1) is 9.29. The second kappa shape index (κ2) is 4.99. The summed E-state index contributed by atoms with van der Waals surface area (Å²) >= 11 is 0. The molecule has 1 aromatic carbocycles. The van der Waals surface area contributed by atoms with Gasteiger partial charge in [-0.3, -0.25) is 4.79 Å². The van der Waals surface area contributed by atoms with Crippen LogP contribution in [0.5, 0.6) is 5.75 Å². The number of hydrogen-bond donors (Lipinski definition) is 2. The van der Waals surface area contributed by atoms with Gasteiger partial charge in [0.1, 0.15) is 0 Å². The maximum absolute atomic E-state index is 12.6. The van der Waals surface area contributed by atoms with Crippen molar-refractivity contribution in [2.24, 2.45) is 0 Å². The lowest BCUT2D eigenvalue weighted by molar-refractivity contribution is -0.137. The van der Waals surface area contributed by atoms with Crippen molar-refractivity contribution in [1.82, 2.24) is 10.2 Å². The van der Waals surface area contributed by atoms with Crippen molar-refractivity contribution in [1.29, 1.82) is 0 Å². The van der Waals surface area contributed by atoms with E-state index in [0.29, 0.717) is 5.56 Å². The van der Waals surface area contributed by atoms with Gasteiger partial charge >= 0.3 is 11.7 Å². The molecule has 4 nitrogen and oxygen atoms in total. The first-order valence-electron chi connectivity index (χ1n) is 5.75. The minimum atomic E-state index is -4.42. The number of halogens is 3. The molecule has 2 aromatic rings. The van der Waals surface area contributed by atoms with Crippen LogP contribution in [0.25, 0.3) is 0 Å². The standard InChI is InChI=1S/C13H11F3N2O2/c1-7(10-6-11(19)12(20)18-17-10)8-3-2-4-9(5-8)13(14,15)16/h2-7H,1H3,(H,17,19)(H,18,20). The molecule has 106 valence electrons. The predicted molar refractivity (Wildman–Crippen MR) is 65.5 cm³/mol. The number of H-pyrrole nitrogens is 1. The number of nitrogens with one attached hydrogen (secondary N) is 1. The van der Waals surface area contributed by atoms with E-state index in [-0.39, 0.29) is 5.69 Å². The molecule has 0 radical (unpaired) electrons. The van der Waals surface area contributed by atoms with E-state index in [1.807, 2.05) is 0 Å². The average Bonchev–Trinajstić information content (AvgIpc) is 2.40. The number of aromatic nitrogens is 2. The number of benzene rings is 1. The van der Waals surface area contributed by atoms with Crippen molar-refractivity contribution in [3.05, 3.63) is 57.5 Å². The van der Waals surface area contributed by atoms with E-state index in [4.69, 9.17) is 0 Å². The molecule has 0 fully saturated rings. The van der Waals surface area contributed by atoms with Crippen LogP contribution in [0.15, 0.2) is 35.1 Å². The van der Waals surface area contributed by atoms with E-state index in [1.54, 1.807) is 6.92 Å². The van der Waals surface area contributed by atoms with Crippen molar-refractivity contribution in [2.45, 2.75) is 19.0 Å². The lowest BCUT2D eigenvalue weighted by atomic mass is 9.95. The Bertz CT molecular complexity index is 680. The van der Waals surface area contributed by atoms with Gasteiger partial charge in [-0.1, -0.05) is 25.1 Å². The van der Waals surface area contributed by atoms with Gasteiger partial charge in [-0.25, -0.2) is 5.10 Å². The zero-order valence-electron chi connectivity index (χ0n) is 10.4. The summed E-state index contributed by atoms with van der Waals surface area (Å²) in [5.74, 6) is -1.02. The first-order valence-corrected chi connectivity index (χ1v) is 5.75. The highest BCUT2D eigenvalue weighted by Gasteiger charge is 2.30. The summed E-state index contributed by atoms with van der Waals surface area (Å²) in [5.41, 5.74) is -0.833. The average molecular weight is 284 g/mol. The Morgan fingerprint density at radius 1 is 1.30 bits per heavy atom. The van der Waals surface area contributed by atoms with Crippen LogP contribution < -0.4 is 5.56 Å². The molecule has 2 rings (SSSR count). The molecule has 20 heavy (non-hydrogen) atoms. The zero-order chi connectivity index (χ0) is 14.9. The minimum Gasteiger partial charge on any atom is -0.503 e. The van der Waals surface area contributed by atoms with Gasteiger partial charge in [0.15, 0.2) is 5.75 Å². The summed E-state index contributed by atoms with van der Waals surface area (Å²) in [7, 11) is 0.